The molecule has 1 atom stereocenters. The van der Waals surface area contributed by atoms with Crippen molar-refractivity contribution in [2.45, 2.75) is 13.0 Å². The summed E-state index contributed by atoms with van der Waals surface area (Å²) in [4.78, 5) is 20.3. The first-order chi connectivity index (χ1) is 10.1. The van der Waals surface area contributed by atoms with Gasteiger partial charge in [0.2, 0.25) is 0 Å². The first-order valence-corrected chi connectivity index (χ1v) is 6.58. The summed E-state index contributed by atoms with van der Waals surface area (Å²) in [6, 6.07) is 7.42. The lowest BCUT2D eigenvalue weighted by atomic mass is 10.1. The van der Waals surface area contributed by atoms with Gasteiger partial charge in [0, 0.05) is 7.05 Å². The van der Waals surface area contributed by atoms with Crippen LogP contribution in [-0.4, -0.2) is 30.0 Å². The maximum absolute atomic E-state index is 12.2. The Bertz CT molecular complexity index is 613. The largest absolute Gasteiger partial charge is 0.497 e. The van der Waals surface area contributed by atoms with E-state index >= 15 is 0 Å². The molecule has 0 aliphatic heterocycles. The SMILES string of the molecule is CNc1cncc(C(=O)NC(C)c2ccc(OC)cc2)n1. The van der Waals surface area contributed by atoms with Gasteiger partial charge in [-0.2, -0.15) is 0 Å². The average molecular weight is 286 g/mol. The molecule has 0 aliphatic rings. The molecule has 2 rings (SSSR count). The number of carbonyl (C=O) groups is 1. The van der Waals surface area contributed by atoms with E-state index in [1.165, 1.54) is 6.20 Å². The topological polar surface area (TPSA) is 76.1 Å². The fourth-order valence-electron chi connectivity index (χ4n) is 1.84. The second kappa shape index (κ2) is 6.69. The van der Waals surface area contributed by atoms with Gasteiger partial charge in [0.1, 0.15) is 17.3 Å². The predicted molar refractivity (Wildman–Crippen MR) is 80.5 cm³/mol. The van der Waals surface area contributed by atoms with E-state index in [0.29, 0.717) is 5.82 Å². The van der Waals surface area contributed by atoms with Gasteiger partial charge in [0.15, 0.2) is 0 Å². The number of benzene rings is 1. The van der Waals surface area contributed by atoms with Gasteiger partial charge in [-0.3, -0.25) is 9.78 Å². The Balaban J connectivity index is 2.06. The van der Waals surface area contributed by atoms with E-state index in [0.717, 1.165) is 11.3 Å². The molecule has 0 spiro atoms. The van der Waals surface area contributed by atoms with Crippen LogP contribution < -0.4 is 15.4 Å². The van der Waals surface area contributed by atoms with Crippen molar-refractivity contribution in [3.8, 4) is 5.75 Å². The van der Waals surface area contributed by atoms with Crippen LogP contribution in [0.3, 0.4) is 0 Å². The standard InChI is InChI=1S/C15H18N4O2/c1-10(11-4-6-12(21-3)7-5-11)18-15(20)13-8-17-9-14(16-2)19-13/h4-10H,1-3H3,(H,16,19)(H,18,20). The Kier molecular flexibility index (Phi) is 4.71. The molecule has 0 bridgehead atoms. The van der Waals surface area contributed by atoms with Crippen LogP contribution in [0.25, 0.3) is 0 Å². The van der Waals surface area contributed by atoms with Gasteiger partial charge >= 0.3 is 0 Å². The van der Waals surface area contributed by atoms with Gasteiger partial charge in [-0.15, -0.1) is 0 Å². The fraction of sp³-hybridized carbons (Fsp3) is 0.267. The summed E-state index contributed by atoms with van der Waals surface area (Å²) in [5.74, 6) is 1.08. The molecular formula is C15H18N4O2. The monoisotopic (exact) mass is 286 g/mol. The maximum Gasteiger partial charge on any atom is 0.272 e. The number of hydrogen-bond donors (Lipinski definition) is 2. The number of nitrogens with one attached hydrogen (secondary N) is 2. The molecule has 1 heterocycles. The molecule has 0 saturated heterocycles. The molecule has 0 fully saturated rings. The summed E-state index contributed by atoms with van der Waals surface area (Å²) in [6.45, 7) is 1.91. The lowest BCUT2D eigenvalue weighted by Crippen LogP contribution is -2.27. The molecule has 2 N–H and O–H groups in total. The number of methoxy groups -OCH3 is 1. The number of amides is 1. The van der Waals surface area contributed by atoms with Crippen LogP contribution in [0.15, 0.2) is 36.7 Å². The zero-order valence-electron chi connectivity index (χ0n) is 12.3. The van der Waals surface area contributed by atoms with Gasteiger partial charge in [0.25, 0.3) is 5.91 Å². The van der Waals surface area contributed by atoms with E-state index < -0.39 is 0 Å². The molecule has 1 aromatic heterocycles. The van der Waals surface area contributed by atoms with E-state index in [-0.39, 0.29) is 17.6 Å². The van der Waals surface area contributed by atoms with Crippen molar-refractivity contribution in [1.29, 1.82) is 0 Å². The smallest absolute Gasteiger partial charge is 0.272 e. The van der Waals surface area contributed by atoms with Crippen molar-refractivity contribution in [2.75, 3.05) is 19.5 Å². The van der Waals surface area contributed by atoms with Crippen molar-refractivity contribution in [1.82, 2.24) is 15.3 Å². The molecule has 0 radical (unpaired) electrons. The third-order valence-electron chi connectivity index (χ3n) is 3.09. The highest BCUT2D eigenvalue weighted by molar-refractivity contribution is 5.92. The average Bonchev–Trinajstić information content (AvgIpc) is 2.54. The third-order valence-corrected chi connectivity index (χ3v) is 3.09. The van der Waals surface area contributed by atoms with Crippen LogP contribution in [0.5, 0.6) is 5.75 Å². The molecule has 110 valence electrons. The summed E-state index contributed by atoms with van der Waals surface area (Å²) >= 11 is 0. The lowest BCUT2D eigenvalue weighted by molar-refractivity contribution is 0.0934. The van der Waals surface area contributed by atoms with Crippen LogP contribution >= 0.6 is 0 Å². The molecule has 1 amide bonds. The van der Waals surface area contributed by atoms with E-state index in [1.54, 1.807) is 20.4 Å². The Hall–Kier alpha value is -2.63. The predicted octanol–water partition coefficient (Wildman–Crippen LogP) is 2.02. The van der Waals surface area contributed by atoms with E-state index in [1.807, 2.05) is 31.2 Å². The maximum atomic E-state index is 12.2. The summed E-state index contributed by atoms with van der Waals surface area (Å²) in [7, 11) is 3.35. The molecule has 21 heavy (non-hydrogen) atoms. The van der Waals surface area contributed by atoms with Gasteiger partial charge in [-0.1, -0.05) is 12.1 Å². The number of carbonyl (C=O) groups excluding carboxylic acids is 1. The van der Waals surface area contributed by atoms with E-state index in [4.69, 9.17) is 4.74 Å². The van der Waals surface area contributed by atoms with Gasteiger partial charge in [0.05, 0.1) is 25.5 Å². The van der Waals surface area contributed by atoms with Gasteiger partial charge < -0.3 is 15.4 Å². The minimum atomic E-state index is -0.261. The number of aromatic nitrogens is 2. The summed E-state index contributed by atoms with van der Waals surface area (Å²) in [5, 5.41) is 5.74. The first kappa shape index (κ1) is 14.8. The molecule has 6 heteroatoms. The minimum absolute atomic E-state index is 0.136. The van der Waals surface area contributed by atoms with Crippen LogP contribution in [0.2, 0.25) is 0 Å². The van der Waals surface area contributed by atoms with E-state index in [9.17, 15) is 4.79 Å². The Morgan fingerprint density at radius 1 is 1.24 bits per heavy atom. The van der Waals surface area contributed by atoms with Crippen LogP contribution in [0.1, 0.15) is 29.0 Å². The molecule has 0 saturated carbocycles. The van der Waals surface area contributed by atoms with Crippen LogP contribution in [0, 0.1) is 0 Å². The first-order valence-electron chi connectivity index (χ1n) is 6.58. The molecular weight excluding hydrogens is 268 g/mol. The van der Waals surface area contributed by atoms with E-state index in [2.05, 4.69) is 20.6 Å². The quantitative estimate of drug-likeness (QED) is 0.879. The highest BCUT2D eigenvalue weighted by atomic mass is 16.5. The lowest BCUT2D eigenvalue weighted by Gasteiger charge is -2.14. The highest BCUT2D eigenvalue weighted by Gasteiger charge is 2.13. The summed E-state index contributed by atoms with van der Waals surface area (Å²) < 4.78 is 5.11. The zero-order valence-corrected chi connectivity index (χ0v) is 12.3. The van der Waals surface area contributed by atoms with Crippen molar-refractivity contribution < 1.29 is 9.53 Å². The van der Waals surface area contributed by atoms with Crippen molar-refractivity contribution in [2.24, 2.45) is 0 Å². The summed E-state index contributed by atoms with van der Waals surface area (Å²) in [5.41, 5.74) is 1.27. The molecule has 2 aromatic rings. The van der Waals surface area contributed by atoms with Crippen LogP contribution in [-0.2, 0) is 0 Å². The molecule has 1 aromatic carbocycles. The van der Waals surface area contributed by atoms with Crippen molar-refractivity contribution in [3.63, 3.8) is 0 Å². The zero-order chi connectivity index (χ0) is 15.2. The number of ether oxygens (including phenoxy) is 1. The highest BCUT2D eigenvalue weighted by Crippen LogP contribution is 2.17. The Morgan fingerprint density at radius 3 is 2.57 bits per heavy atom. The molecule has 6 nitrogen and oxygen atoms in total. The molecule has 1 unspecified atom stereocenters. The fourth-order valence-corrected chi connectivity index (χ4v) is 1.84. The van der Waals surface area contributed by atoms with Crippen molar-refractivity contribution >= 4 is 11.7 Å². The number of nitrogens with zero attached hydrogens (tertiary/aromatic N) is 2. The summed E-state index contributed by atoms with van der Waals surface area (Å²) in [6.07, 6.45) is 3.00. The third kappa shape index (κ3) is 3.68. The second-order valence-electron chi connectivity index (χ2n) is 4.51. The Morgan fingerprint density at radius 2 is 1.95 bits per heavy atom. The number of hydrogen-bond acceptors (Lipinski definition) is 5. The number of anilines is 1. The van der Waals surface area contributed by atoms with Crippen LogP contribution in [0.4, 0.5) is 5.82 Å². The van der Waals surface area contributed by atoms with Gasteiger partial charge in [-0.05, 0) is 24.6 Å². The Labute approximate surface area is 123 Å². The number of rotatable bonds is 5. The molecule has 0 aliphatic carbocycles. The minimum Gasteiger partial charge on any atom is -0.497 e. The van der Waals surface area contributed by atoms with Crippen molar-refractivity contribution in [3.05, 3.63) is 47.9 Å². The normalized spacial score (nSPS) is 11.6. The van der Waals surface area contributed by atoms with Gasteiger partial charge in [-0.25, -0.2) is 4.98 Å². The second-order valence-corrected chi connectivity index (χ2v) is 4.51.